The van der Waals surface area contributed by atoms with Crippen molar-refractivity contribution >= 4 is 11.6 Å². The number of rotatable bonds is 4. The third-order valence-corrected chi connectivity index (χ3v) is 4.56. The molecule has 0 spiro atoms. The van der Waals surface area contributed by atoms with Gasteiger partial charge in [0.2, 0.25) is 6.79 Å². The van der Waals surface area contributed by atoms with Gasteiger partial charge in [0.15, 0.2) is 17.6 Å². The van der Waals surface area contributed by atoms with E-state index in [1.165, 1.54) is 0 Å². The molecule has 0 N–H and O–H groups in total. The number of carbonyl (C=O) groups is 1. The van der Waals surface area contributed by atoms with E-state index >= 15 is 0 Å². The summed E-state index contributed by atoms with van der Waals surface area (Å²) < 4.78 is 10.7. The zero-order chi connectivity index (χ0) is 18.1. The molecule has 0 radical (unpaired) electrons. The maximum Gasteiger partial charge on any atom is 0.253 e. The molecule has 2 aliphatic heterocycles. The molecule has 0 aromatic heterocycles. The van der Waals surface area contributed by atoms with E-state index in [-0.39, 0.29) is 18.8 Å². The summed E-state index contributed by atoms with van der Waals surface area (Å²) in [6.45, 7) is 2.72. The van der Waals surface area contributed by atoms with Crippen molar-refractivity contribution in [3.05, 3.63) is 59.2 Å². The van der Waals surface area contributed by atoms with E-state index in [0.717, 1.165) is 28.3 Å². The van der Waals surface area contributed by atoms with Crippen molar-refractivity contribution in [2.75, 3.05) is 20.4 Å². The number of fused-ring (bicyclic) bond motifs is 1. The monoisotopic (exact) mass is 352 g/mol. The van der Waals surface area contributed by atoms with Crippen LogP contribution < -0.4 is 9.47 Å². The normalized spacial score (nSPS) is 17.6. The number of benzene rings is 2. The Morgan fingerprint density at radius 3 is 2.73 bits per heavy atom. The number of aryl methyl sites for hydroxylation is 1. The van der Waals surface area contributed by atoms with Crippen LogP contribution in [0, 0.1) is 6.92 Å². The summed E-state index contributed by atoms with van der Waals surface area (Å²) in [4.78, 5) is 19.7. The zero-order valence-electron chi connectivity index (χ0n) is 14.8. The average molecular weight is 352 g/mol. The summed E-state index contributed by atoms with van der Waals surface area (Å²) in [5.41, 5.74) is 3.60. The lowest BCUT2D eigenvalue weighted by molar-refractivity contribution is 0.0482. The maximum atomic E-state index is 12.5. The molecule has 0 saturated heterocycles. The molecule has 26 heavy (non-hydrogen) atoms. The Bertz CT molecular complexity index is 861. The molecule has 1 atom stereocenters. The van der Waals surface area contributed by atoms with Crippen LogP contribution in [0.15, 0.2) is 47.6 Å². The number of likely N-dealkylation sites (N-methyl/N-ethyl adjacent to an activating group) is 1. The minimum absolute atomic E-state index is 0.0230. The average Bonchev–Trinajstić information content (AvgIpc) is 3.30. The molecule has 2 aromatic carbocycles. The van der Waals surface area contributed by atoms with Gasteiger partial charge in [0.05, 0.1) is 12.3 Å². The van der Waals surface area contributed by atoms with Crippen LogP contribution in [0.3, 0.4) is 0 Å². The SMILES string of the molecule is Cc1ccc(C(=O)N(C)CC2CC(c3ccc4c(c3)OCO4)=NO2)cc1. The predicted octanol–water partition coefficient (Wildman–Crippen LogP) is 2.99. The molecule has 2 aromatic rings. The van der Waals surface area contributed by atoms with Crippen LogP contribution in [0.1, 0.15) is 27.9 Å². The number of oxime groups is 1. The van der Waals surface area contributed by atoms with Crippen molar-refractivity contribution in [1.29, 1.82) is 0 Å². The van der Waals surface area contributed by atoms with Gasteiger partial charge in [-0.25, -0.2) is 0 Å². The van der Waals surface area contributed by atoms with Gasteiger partial charge in [0.1, 0.15) is 0 Å². The van der Waals surface area contributed by atoms with Crippen LogP contribution in [0.4, 0.5) is 0 Å². The lowest BCUT2D eigenvalue weighted by atomic mass is 10.0. The van der Waals surface area contributed by atoms with Gasteiger partial charge in [-0.05, 0) is 37.3 Å². The molecule has 0 fully saturated rings. The minimum Gasteiger partial charge on any atom is -0.454 e. The van der Waals surface area contributed by atoms with Crippen LogP contribution >= 0.6 is 0 Å². The van der Waals surface area contributed by atoms with Crippen LogP contribution in [-0.4, -0.2) is 43.0 Å². The molecule has 2 aliphatic rings. The third-order valence-electron chi connectivity index (χ3n) is 4.56. The van der Waals surface area contributed by atoms with E-state index in [4.69, 9.17) is 14.3 Å². The fraction of sp³-hybridized carbons (Fsp3) is 0.300. The molecule has 134 valence electrons. The molecular formula is C20H20N2O4. The lowest BCUT2D eigenvalue weighted by Gasteiger charge is -2.20. The zero-order valence-corrected chi connectivity index (χ0v) is 14.8. The molecule has 0 bridgehead atoms. The fourth-order valence-electron chi connectivity index (χ4n) is 3.08. The molecule has 4 rings (SSSR count). The molecule has 1 amide bonds. The topological polar surface area (TPSA) is 60.4 Å². The van der Waals surface area contributed by atoms with Crippen molar-refractivity contribution < 1.29 is 19.1 Å². The largest absolute Gasteiger partial charge is 0.454 e. The van der Waals surface area contributed by atoms with E-state index in [9.17, 15) is 4.79 Å². The Hall–Kier alpha value is -3.02. The number of nitrogens with zero attached hydrogens (tertiary/aromatic N) is 2. The molecule has 6 heteroatoms. The number of amides is 1. The number of ether oxygens (including phenoxy) is 2. The first-order valence-corrected chi connectivity index (χ1v) is 8.55. The van der Waals surface area contributed by atoms with Crippen molar-refractivity contribution in [3.63, 3.8) is 0 Å². The highest BCUT2D eigenvalue weighted by Gasteiger charge is 2.26. The van der Waals surface area contributed by atoms with Gasteiger partial charge in [0, 0.05) is 24.6 Å². The summed E-state index contributed by atoms with van der Waals surface area (Å²) in [5, 5.41) is 4.19. The predicted molar refractivity (Wildman–Crippen MR) is 96.7 cm³/mol. The van der Waals surface area contributed by atoms with Gasteiger partial charge < -0.3 is 19.2 Å². The fourth-order valence-corrected chi connectivity index (χ4v) is 3.08. The Balaban J connectivity index is 1.37. The smallest absolute Gasteiger partial charge is 0.253 e. The molecular weight excluding hydrogens is 332 g/mol. The van der Waals surface area contributed by atoms with E-state index in [2.05, 4.69) is 5.16 Å². The Morgan fingerprint density at radius 1 is 1.15 bits per heavy atom. The second-order valence-electron chi connectivity index (χ2n) is 6.59. The number of carbonyl (C=O) groups excluding carboxylic acids is 1. The molecule has 0 saturated carbocycles. The Morgan fingerprint density at radius 2 is 1.92 bits per heavy atom. The number of hydrogen-bond acceptors (Lipinski definition) is 5. The van der Waals surface area contributed by atoms with Crippen LogP contribution in [0.25, 0.3) is 0 Å². The van der Waals surface area contributed by atoms with Crippen LogP contribution in [0.5, 0.6) is 11.5 Å². The summed E-state index contributed by atoms with van der Waals surface area (Å²) in [6.07, 6.45) is 0.486. The second-order valence-corrected chi connectivity index (χ2v) is 6.59. The van der Waals surface area contributed by atoms with Gasteiger partial charge >= 0.3 is 0 Å². The van der Waals surface area contributed by atoms with Gasteiger partial charge in [-0.3, -0.25) is 4.79 Å². The lowest BCUT2D eigenvalue weighted by Crippen LogP contribution is -2.34. The van der Waals surface area contributed by atoms with E-state index in [0.29, 0.717) is 18.5 Å². The third kappa shape index (κ3) is 3.22. The first kappa shape index (κ1) is 16.4. The first-order chi connectivity index (χ1) is 12.6. The summed E-state index contributed by atoms with van der Waals surface area (Å²) in [7, 11) is 1.78. The molecule has 2 heterocycles. The van der Waals surface area contributed by atoms with Crippen molar-refractivity contribution in [1.82, 2.24) is 4.90 Å². The molecule has 6 nitrogen and oxygen atoms in total. The van der Waals surface area contributed by atoms with Crippen molar-refractivity contribution in [3.8, 4) is 11.5 Å². The minimum atomic E-state index is -0.158. The number of hydrogen-bond donors (Lipinski definition) is 0. The van der Waals surface area contributed by atoms with Crippen molar-refractivity contribution in [2.24, 2.45) is 5.16 Å². The summed E-state index contributed by atoms with van der Waals surface area (Å²) in [5.74, 6) is 1.44. The second kappa shape index (κ2) is 6.71. The molecule has 0 aliphatic carbocycles. The van der Waals surface area contributed by atoms with Crippen molar-refractivity contribution in [2.45, 2.75) is 19.4 Å². The maximum absolute atomic E-state index is 12.5. The highest BCUT2D eigenvalue weighted by atomic mass is 16.7. The summed E-state index contributed by atoms with van der Waals surface area (Å²) in [6, 6.07) is 13.3. The highest BCUT2D eigenvalue weighted by molar-refractivity contribution is 6.02. The van der Waals surface area contributed by atoms with Gasteiger partial charge in [0.25, 0.3) is 5.91 Å². The van der Waals surface area contributed by atoms with Gasteiger partial charge in [-0.2, -0.15) is 0 Å². The quantitative estimate of drug-likeness (QED) is 0.849. The van der Waals surface area contributed by atoms with Crippen LogP contribution in [0.2, 0.25) is 0 Å². The summed E-state index contributed by atoms with van der Waals surface area (Å²) >= 11 is 0. The Labute approximate surface area is 152 Å². The van der Waals surface area contributed by atoms with Gasteiger partial charge in [-0.1, -0.05) is 22.9 Å². The van der Waals surface area contributed by atoms with E-state index in [1.54, 1.807) is 11.9 Å². The van der Waals surface area contributed by atoms with E-state index < -0.39 is 0 Å². The Kier molecular flexibility index (Phi) is 4.24. The molecule has 1 unspecified atom stereocenters. The highest BCUT2D eigenvalue weighted by Crippen LogP contribution is 2.33. The first-order valence-electron chi connectivity index (χ1n) is 8.55. The van der Waals surface area contributed by atoms with E-state index in [1.807, 2.05) is 49.4 Å². The van der Waals surface area contributed by atoms with Crippen LogP contribution in [-0.2, 0) is 4.84 Å². The van der Waals surface area contributed by atoms with Gasteiger partial charge in [-0.15, -0.1) is 0 Å². The standard InChI is InChI=1S/C20H20N2O4/c1-13-3-5-14(6-4-13)20(23)22(2)11-16-10-17(21-26-16)15-7-8-18-19(9-15)25-12-24-18/h3-9,16H,10-12H2,1-2H3.